The number of nitrogens with two attached hydrogens (primary N) is 1. The van der Waals surface area contributed by atoms with Gasteiger partial charge in [0, 0.05) is 5.56 Å². The van der Waals surface area contributed by atoms with E-state index in [1.165, 1.54) is 12.1 Å². The van der Waals surface area contributed by atoms with Gasteiger partial charge in [0.2, 0.25) is 0 Å². The molecule has 7 heteroatoms. The minimum absolute atomic E-state index is 0.000684. The van der Waals surface area contributed by atoms with Gasteiger partial charge in [0.1, 0.15) is 5.82 Å². The third kappa shape index (κ3) is 2.76. The number of benzene rings is 1. The lowest BCUT2D eigenvalue weighted by molar-refractivity contribution is -0.143. The number of rotatable bonds is 3. The van der Waals surface area contributed by atoms with Crippen molar-refractivity contribution in [2.75, 3.05) is 6.54 Å². The van der Waals surface area contributed by atoms with Crippen molar-refractivity contribution in [2.24, 2.45) is 5.73 Å². The fraction of sp³-hybridized carbons (Fsp3) is 0.250. The summed E-state index contributed by atoms with van der Waals surface area (Å²) in [7, 11) is 0. The summed E-state index contributed by atoms with van der Waals surface area (Å²) in [4.78, 5) is 0. The smallest absolute Gasteiger partial charge is 0.330 e. The summed E-state index contributed by atoms with van der Waals surface area (Å²) in [5.41, 5.74) is 4.39. The molecule has 0 radical (unpaired) electrons. The van der Waals surface area contributed by atoms with Crippen molar-refractivity contribution in [2.45, 2.75) is 12.6 Å². The Hall–Kier alpha value is -1.89. The summed E-state index contributed by atoms with van der Waals surface area (Å²) in [6.07, 6.45) is -3.40. The maximum absolute atomic E-state index is 13.1. The zero-order chi connectivity index (χ0) is 14.0. The van der Waals surface area contributed by atoms with Crippen LogP contribution in [0.25, 0.3) is 5.69 Å². The number of hydrogen-bond acceptors (Lipinski definition) is 2. The first-order chi connectivity index (χ1) is 8.93. The molecule has 0 aliphatic carbocycles. The first-order valence-electron chi connectivity index (χ1n) is 5.53. The number of hydrogen-bond donors (Lipinski definition) is 1. The molecule has 0 fully saturated rings. The van der Waals surface area contributed by atoms with Gasteiger partial charge in [-0.2, -0.15) is 18.3 Å². The Balaban J connectivity index is 2.58. The summed E-state index contributed by atoms with van der Waals surface area (Å²) in [6.45, 7) is 0.0813. The van der Waals surface area contributed by atoms with Gasteiger partial charge in [-0.25, -0.2) is 9.07 Å². The second kappa shape index (κ2) is 5.00. The maximum Gasteiger partial charge on any atom is 0.433 e. The van der Waals surface area contributed by atoms with Crippen LogP contribution in [0.15, 0.2) is 30.5 Å². The Labute approximate surface area is 106 Å². The van der Waals surface area contributed by atoms with Crippen LogP contribution in [0.4, 0.5) is 17.6 Å². The molecule has 1 aromatic carbocycles. The highest BCUT2D eigenvalue weighted by Gasteiger charge is 2.38. The molecule has 0 amide bonds. The fourth-order valence-electron chi connectivity index (χ4n) is 1.83. The molecular formula is C12H11F4N3. The SMILES string of the molecule is NCCc1cnn(-c2cccc(F)c2)c1C(F)(F)F. The summed E-state index contributed by atoms with van der Waals surface area (Å²) in [5.74, 6) is -0.624. The highest BCUT2D eigenvalue weighted by molar-refractivity contribution is 5.36. The van der Waals surface area contributed by atoms with E-state index < -0.39 is 17.7 Å². The Kier molecular flexibility index (Phi) is 3.57. The van der Waals surface area contributed by atoms with Crippen molar-refractivity contribution in [1.29, 1.82) is 0 Å². The summed E-state index contributed by atoms with van der Waals surface area (Å²) in [6, 6.07) is 4.84. The minimum atomic E-state index is -4.58. The number of aromatic nitrogens is 2. The Morgan fingerprint density at radius 3 is 2.58 bits per heavy atom. The second-order valence-corrected chi connectivity index (χ2v) is 3.95. The molecule has 0 aliphatic heterocycles. The van der Waals surface area contributed by atoms with Gasteiger partial charge in [-0.1, -0.05) is 6.07 Å². The lowest BCUT2D eigenvalue weighted by atomic mass is 10.1. The predicted molar refractivity (Wildman–Crippen MR) is 61.3 cm³/mol. The van der Waals surface area contributed by atoms with Crippen LogP contribution < -0.4 is 5.73 Å². The molecule has 0 saturated heterocycles. The molecule has 2 N–H and O–H groups in total. The van der Waals surface area contributed by atoms with E-state index >= 15 is 0 Å². The van der Waals surface area contributed by atoms with Crippen LogP contribution in [0.5, 0.6) is 0 Å². The van der Waals surface area contributed by atoms with Crippen molar-refractivity contribution >= 4 is 0 Å². The molecule has 0 aliphatic rings. The second-order valence-electron chi connectivity index (χ2n) is 3.95. The van der Waals surface area contributed by atoms with Crippen LogP contribution in [-0.2, 0) is 12.6 Å². The van der Waals surface area contributed by atoms with E-state index in [0.29, 0.717) is 4.68 Å². The molecule has 102 valence electrons. The van der Waals surface area contributed by atoms with E-state index in [1.807, 2.05) is 0 Å². The van der Waals surface area contributed by atoms with E-state index in [0.717, 1.165) is 18.3 Å². The molecule has 0 unspecified atom stereocenters. The van der Waals surface area contributed by atoms with Crippen LogP contribution in [0.3, 0.4) is 0 Å². The fourth-order valence-corrected chi connectivity index (χ4v) is 1.83. The van der Waals surface area contributed by atoms with Gasteiger partial charge in [0.25, 0.3) is 0 Å². The van der Waals surface area contributed by atoms with E-state index in [2.05, 4.69) is 5.10 Å². The van der Waals surface area contributed by atoms with E-state index in [4.69, 9.17) is 5.73 Å². The number of nitrogens with zero attached hydrogens (tertiary/aromatic N) is 2. The Morgan fingerprint density at radius 1 is 1.26 bits per heavy atom. The predicted octanol–water partition coefficient (Wildman–Crippen LogP) is 2.53. The average Bonchev–Trinajstić information content (AvgIpc) is 2.73. The third-order valence-corrected chi connectivity index (χ3v) is 2.58. The van der Waals surface area contributed by atoms with Gasteiger partial charge in [0.05, 0.1) is 11.9 Å². The molecule has 0 spiro atoms. The van der Waals surface area contributed by atoms with Crippen LogP contribution in [0.2, 0.25) is 0 Å². The Bertz CT molecular complexity index is 575. The molecule has 1 aromatic heterocycles. The number of halogens is 4. The van der Waals surface area contributed by atoms with Crippen molar-refractivity contribution in [3.63, 3.8) is 0 Å². The first kappa shape index (κ1) is 13.5. The summed E-state index contributed by atoms with van der Waals surface area (Å²) >= 11 is 0. The Morgan fingerprint density at radius 2 is 2.00 bits per heavy atom. The van der Waals surface area contributed by atoms with Crippen LogP contribution in [0.1, 0.15) is 11.3 Å². The maximum atomic E-state index is 13.1. The zero-order valence-corrected chi connectivity index (χ0v) is 9.78. The molecule has 3 nitrogen and oxygen atoms in total. The van der Waals surface area contributed by atoms with Crippen molar-refractivity contribution in [3.8, 4) is 5.69 Å². The molecule has 0 saturated carbocycles. The van der Waals surface area contributed by atoms with Gasteiger partial charge in [-0.15, -0.1) is 0 Å². The number of alkyl halides is 3. The molecular weight excluding hydrogens is 262 g/mol. The highest BCUT2D eigenvalue weighted by Crippen LogP contribution is 2.33. The van der Waals surface area contributed by atoms with Gasteiger partial charge < -0.3 is 5.73 Å². The van der Waals surface area contributed by atoms with Crippen LogP contribution in [-0.4, -0.2) is 16.3 Å². The molecule has 19 heavy (non-hydrogen) atoms. The molecule has 0 bridgehead atoms. The average molecular weight is 273 g/mol. The van der Waals surface area contributed by atoms with Gasteiger partial charge in [0.15, 0.2) is 5.69 Å². The molecule has 0 atom stereocenters. The van der Waals surface area contributed by atoms with Crippen molar-refractivity contribution in [1.82, 2.24) is 9.78 Å². The van der Waals surface area contributed by atoms with E-state index in [1.54, 1.807) is 0 Å². The molecule has 2 rings (SSSR count). The topological polar surface area (TPSA) is 43.8 Å². The lowest BCUT2D eigenvalue weighted by Crippen LogP contribution is -2.17. The van der Waals surface area contributed by atoms with Gasteiger partial charge in [-0.3, -0.25) is 0 Å². The highest BCUT2D eigenvalue weighted by atomic mass is 19.4. The largest absolute Gasteiger partial charge is 0.433 e. The van der Waals surface area contributed by atoms with Gasteiger partial charge >= 0.3 is 6.18 Å². The van der Waals surface area contributed by atoms with Crippen molar-refractivity contribution < 1.29 is 17.6 Å². The minimum Gasteiger partial charge on any atom is -0.330 e. The van der Waals surface area contributed by atoms with Crippen LogP contribution >= 0.6 is 0 Å². The first-order valence-corrected chi connectivity index (χ1v) is 5.53. The zero-order valence-electron chi connectivity index (χ0n) is 9.78. The van der Waals surface area contributed by atoms with E-state index in [-0.39, 0.29) is 24.2 Å². The monoisotopic (exact) mass is 273 g/mol. The van der Waals surface area contributed by atoms with E-state index in [9.17, 15) is 17.6 Å². The quantitative estimate of drug-likeness (QED) is 0.873. The van der Waals surface area contributed by atoms with Crippen LogP contribution in [0, 0.1) is 5.82 Å². The molecule has 1 heterocycles. The lowest BCUT2D eigenvalue weighted by Gasteiger charge is -2.12. The standard InChI is InChI=1S/C12H11F4N3/c13-9-2-1-3-10(6-9)19-11(12(14,15)16)8(4-5-17)7-18-19/h1-3,6-7H,4-5,17H2. The molecule has 2 aromatic rings. The summed E-state index contributed by atoms with van der Waals surface area (Å²) in [5, 5.41) is 3.69. The normalized spacial score (nSPS) is 11.8. The summed E-state index contributed by atoms with van der Waals surface area (Å²) < 4.78 is 53.0. The third-order valence-electron chi connectivity index (χ3n) is 2.58. The van der Waals surface area contributed by atoms with Crippen molar-refractivity contribution in [3.05, 3.63) is 47.5 Å². The van der Waals surface area contributed by atoms with Gasteiger partial charge in [-0.05, 0) is 31.2 Å².